The summed E-state index contributed by atoms with van der Waals surface area (Å²) in [6.07, 6.45) is 1.20. The maximum Gasteiger partial charge on any atom is 0.387 e. The Bertz CT molecular complexity index is 567. The third kappa shape index (κ3) is 4.26. The van der Waals surface area contributed by atoms with Crippen molar-refractivity contribution in [3.05, 3.63) is 65.2 Å². The summed E-state index contributed by atoms with van der Waals surface area (Å²) in [6.45, 7) is -0.761. The molecule has 0 spiro atoms. The molecule has 0 fully saturated rings. The predicted octanol–water partition coefficient (Wildman–Crippen LogP) is 4.32. The molecular formula is C17H18F2O2. The lowest BCUT2D eigenvalue weighted by Gasteiger charge is -2.13. The predicted molar refractivity (Wildman–Crippen MR) is 77.6 cm³/mol. The van der Waals surface area contributed by atoms with Crippen molar-refractivity contribution in [3.8, 4) is 5.75 Å². The molecule has 1 atom stereocenters. The van der Waals surface area contributed by atoms with Gasteiger partial charge in [0.2, 0.25) is 0 Å². The molecule has 0 saturated heterocycles. The fourth-order valence-electron chi connectivity index (χ4n) is 2.21. The Morgan fingerprint density at radius 3 is 2.38 bits per heavy atom. The summed E-state index contributed by atoms with van der Waals surface area (Å²) in [5.41, 5.74) is 2.46. The minimum atomic E-state index is -2.87. The Balaban J connectivity index is 2.16. The lowest BCUT2D eigenvalue weighted by Crippen LogP contribution is -2.04. The lowest BCUT2D eigenvalue weighted by molar-refractivity contribution is -0.0499. The van der Waals surface area contributed by atoms with E-state index in [1.54, 1.807) is 12.1 Å². The zero-order valence-corrected chi connectivity index (χ0v) is 11.8. The van der Waals surface area contributed by atoms with E-state index in [0.717, 1.165) is 18.4 Å². The third-order valence-electron chi connectivity index (χ3n) is 3.23. The van der Waals surface area contributed by atoms with Crippen LogP contribution >= 0.6 is 0 Å². The van der Waals surface area contributed by atoms with Gasteiger partial charge in [-0.05, 0) is 35.2 Å². The van der Waals surface area contributed by atoms with Gasteiger partial charge in [0.05, 0.1) is 0 Å². The van der Waals surface area contributed by atoms with Crippen molar-refractivity contribution in [3.63, 3.8) is 0 Å². The summed E-state index contributed by atoms with van der Waals surface area (Å²) >= 11 is 0. The highest BCUT2D eigenvalue weighted by Crippen LogP contribution is 2.26. The molecule has 112 valence electrons. The van der Waals surface area contributed by atoms with Gasteiger partial charge in [-0.1, -0.05) is 49.7 Å². The van der Waals surface area contributed by atoms with Crippen molar-refractivity contribution in [1.29, 1.82) is 0 Å². The van der Waals surface area contributed by atoms with Gasteiger partial charge >= 0.3 is 6.61 Å². The number of aryl methyl sites for hydroxylation is 1. The van der Waals surface area contributed by atoms with Crippen LogP contribution in [0.15, 0.2) is 48.5 Å². The highest BCUT2D eigenvalue weighted by Gasteiger charge is 2.12. The van der Waals surface area contributed by atoms with Crippen molar-refractivity contribution < 1.29 is 18.6 Å². The van der Waals surface area contributed by atoms with Gasteiger partial charge in [-0.15, -0.1) is 0 Å². The van der Waals surface area contributed by atoms with Crippen LogP contribution < -0.4 is 4.74 Å². The number of aliphatic hydroxyl groups is 1. The average molecular weight is 292 g/mol. The Morgan fingerprint density at radius 1 is 1.05 bits per heavy atom. The highest BCUT2D eigenvalue weighted by atomic mass is 19.3. The number of halogens is 2. The summed E-state index contributed by atoms with van der Waals surface area (Å²) in [5.74, 6) is 0.0455. The SMILES string of the molecule is CCCc1ccc(C(O)c2cccc(OC(F)F)c2)cc1. The number of hydrogen-bond acceptors (Lipinski definition) is 2. The van der Waals surface area contributed by atoms with Crippen LogP contribution in [0.25, 0.3) is 0 Å². The first-order valence-electron chi connectivity index (χ1n) is 6.92. The molecule has 1 unspecified atom stereocenters. The second-order valence-corrected chi connectivity index (χ2v) is 4.85. The minimum absolute atomic E-state index is 0.0455. The van der Waals surface area contributed by atoms with E-state index in [-0.39, 0.29) is 5.75 Å². The van der Waals surface area contributed by atoms with Crippen LogP contribution in [0.4, 0.5) is 8.78 Å². The Labute approximate surface area is 123 Å². The fourth-order valence-corrected chi connectivity index (χ4v) is 2.21. The normalized spacial score (nSPS) is 12.4. The molecule has 1 N–H and O–H groups in total. The van der Waals surface area contributed by atoms with Crippen LogP contribution in [0.3, 0.4) is 0 Å². The number of aliphatic hydroxyl groups excluding tert-OH is 1. The van der Waals surface area contributed by atoms with E-state index in [1.807, 2.05) is 24.3 Å². The summed E-state index contributed by atoms with van der Waals surface area (Å²) in [4.78, 5) is 0. The van der Waals surface area contributed by atoms with E-state index in [0.29, 0.717) is 5.56 Å². The number of ether oxygens (including phenoxy) is 1. The standard InChI is InChI=1S/C17H18F2O2/c1-2-4-12-7-9-13(10-8-12)16(20)14-5-3-6-15(11-14)21-17(18)19/h3,5-11,16-17,20H,2,4H2,1H3. The van der Waals surface area contributed by atoms with Crippen LogP contribution in [0.1, 0.15) is 36.1 Å². The monoisotopic (exact) mass is 292 g/mol. The average Bonchev–Trinajstić information content (AvgIpc) is 2.47. The number of rotatable bonds is 6. The molecule has 0 aliphatic carbocycles. The molecule has 21 heavy (non-hydrogen) atoms. The first-order valence-corrected chi connectivity index (χ1v) is 6.92. The molecule has 2 aromatic carbocycles. The Morgan fingerprint density at radius 2 is 1.76 bits per heavy atom. The van der Waals surface area contributed by atoms with Crippen LogP contribution in [0, 0.1) is 0 Å². The largest absolute Gasteiger partial charge is 0.435 e. The molecule has 0 bridgehead atoms. The second kappa shape index (κ2) is 7.18. The van der Waals surface area contributed by atoms with Gasteiger partial charge in [0.15, 0.2) is 0 Å². The summed E-state index contributed by atoms with van der Waals surface area (Å²) in [6, 6.07) is 13.8. The van der Waals surface area contributed by atoms with Crippen molar-refractivity contribution in [2.24, 2.45) is 0 Å². The van der Waals surface area contributed by atoms with E-state index >= 15 is 0 Å². The molecule has 0 radical (unpaired) electrons. The quantitative estimate of drug-likeness (QED) is 0.859. The molecule has 0 saturated carbocycles. The van der Waals surface area contributed by atoms with Gasteiger partial charge < -0.3 is 9.84 Å². The molecule has 2 rings (SSSR count). The summed E-state index contributed by atoms with van der Waals surface area (Å²) in [7, 11) is 0. The van der Waals surface area contributed by atoms with E-state index in [4.69, 9.17) is 0 Å². The Hall–Kier alpha value is -1.94. The zero-order valence-electron chi connectivity index (χ0n) is 11.8. The van der Waals surface area contributed by atoms with Crippen molar-refractivity contribution >= 4 is 0 Å². The number of benzene rings is 2. The topological polar surface area (TPSA) is 29.5 Å². The maximum absolute atomic E-state index is 12.2. The molecule has 0 aliphatic heterocycles. The van der Waals surface area contributed by atoms with Crippen LogP contribution in [0.5, 0.6) is 5.75 Å². The molecule has 0 amide bonds. The van der Waals surface area contributed by atoms with E-state index in [9.17, 15) is 13.9 Å². The van der Waals surface area contributed by atoms with Crippen molar-refractivity contribution in [1.82, 2.24) is 0 Å². The van der Waals surface area contributed by atoms with Crippen molar-refractivity contribution in [2.75, 3.05) is 0 Å². The van der Waals surface area contributed by atoms with Gasteiger partial charge in [-0.3, -0.25) is 0 Å². The van der Waals surface area contributed by atoms with E-state index < -0.39 is 12.7 Å². The summed E-state index contributed by atoms with van der Waals surface area (Å²) < 4.78 is 28.8. The molecule has 4 heteroatoms. The van der Waals surface area contributed by atoms with Gasteiger partial charge in [0, 0.05) is 0 Å². The molecule has 0 aromatic heterocycles. The number of hydrogen-bond donors (Lipinski definition) is 1. The zero-order chi connectivity index (χ0) is 15.2. The third-order valence-corrected chi connectivity index (χ3v) is 3.23. The molecule has 0 heterocycles. The smallest absolute Gasteiger partial charge is 0.387 e. The fraction of sp³-hybridized carbons (Fsp3) is 0.294. The second-order valence-electron chi connectivity index (χ2n) is 4.85. The number of alkyl halides is 2. The molecule has 0 aliphatic rings. The maximum atomic E-state index is 12.2. The molecular weight excluding hydrogens is 274 g/mol. The molecule has 2 aromatic rings. The van der Waals surface area contributed by atoms with Crippen LogP contribution in [0.2, 0.25) is 0 Å². The van der Waals surface area contributed by atoms with Gasteiger partial charge in [-0.25, -0.2) is 0 Å². The van der Waals surface area contributed by atoms with Gasteiger partial charge in [0.1, 0.15) is 11.9 Å². The lowest BCUT2D eigenvalue weighted by atomic mass is 9.99. The van der Waals surface area contributed by atoms with Gasteiger partial charge in [0.25, 0.3) is 0 Å². The first kappa shape index (κ1) is 15.4. The summed E-state index contributed by atoms with van der Waals surface area (Å²) in [5, 5.41) is 10.3. The van der Waals surface area contributed by atoms with E-state index in [2.05, 4.69) is 11.7 Å². The molecule has 2 nitrogen and oxygen atoms in total. The Kier molecular flexibility index (Phi) is 5.28. The van der Waals surface area contributed by atoms with E-state index in [1.165, 1.54) is 17.7 Å². The van der Waals surface area contributed by atoms with Crippen LogP contribution in [-0.4, -0.2) is 11.7 Å². The van der Waals surface area contributed by atoms with Crippen LogP contribution in [-0.2, 0) is 6.42 Å². The highest BCUT2D eigenvalue weighted by molar-refractivity contribution is 5.36. The minimum Gasteiger partial charge on any atom is -0.435 e. The van der Waals surface area contributed by atoms with Gasteiger partial charge in [-0.2, -0.15) is 8.78 Å². The van der Waals surface area contributed by atoms with Crippen molar-refractivity contribution in [2.45, 2.75) is 32.5 Å². The first-order chi connectivity index (χ1) is 10.1.